The van der Waals surface area contributed by atoms with Crippen molar-refractivity contribution in [1.29, 1.82) is 0 Å². The van der Waals surface area contributed by atoms with Gasteiger partial charge in [0.15, 0.2) is 14.7 Å². The first kappa shape index (κ1) is 15.6. The Kier molecular flexibility index (Phi) is 4.68. The fourth-order valence-corrected chi connectivity index (χ4v) is 5.16. The average molecular weight is 317 g/mol. The van der Waals surface area contributed by atoms with E-state index in [4.69, 9.17) is 0 Å². The molecule has 0 radical (unpaired) electrons. The molecule has 0 N–H and O–H groups in total. The molecule has 114 valence electrons. The summed E-state index contributed by atoms with van der Waals surface area (Å²) in [5, 5.41) is 0. The van der Waals surface area contributed by atoms with Crippen molar-refractivity contribution < 1.29 is 0 Å². The summed E-state index contributed by atoms with van der Waals surface area (Å²) < 4.78 is 0. The minimum absolute atomic E-state index is 0.0797. The van der Waals surface area contributed by atoms with E-state index in [1.165, 1.54) is 31.4 Å². The van der Waals surface area contributed by atoms with Gasteiger partial charge in [0, 0.05) is 0 Å². The summed E-state index contributed by atoms with van der Waals surface area (Å²) in [6.07, 6.45) is 1.96. The van der Waals surface area contributed by atoms with Crippen LogP contribution < -0.4 is 0 Å². The number of rotatable bonds is 4. The van der Waals surface area contributed by atoms with E-state index in [0.29, 0.717) is 0 Å². The molecule has 0 bridgehead atoms. The van der Waals surface area contributed by atoms with E-state index < -0.39 is 0 Å². The third-order valence-corrected chi connectivity index (χ3v) is 6.16. The highest BCUT2D eigenvalue weighted by atomic mass is 32.2. The molecule has 0 saturated carbocycles. The quantitative estimate of drug-likeness (QED) is 0.514. The van der Waals surface area contributed by atoms with Crippen molar-refractivity contribution >= 4 is 17.0 Å². The monoisotopic (exact) mass is 317 g/mol. The molecule has 0 fully saturated rings. The summed E-state index contributed by atoms with van der Waals surface area (Å²) in [6, 6.07) is 26.2. The van der Waals surface area contributed by atoms with Crippen LogP contribution in [0, 0.1) is 13.8 Å². The SMILES string of the molecule is C=Cc1c(C)cc([S+](c2ccccc2)c2ccccc2)cc1C. The maximum Gasteiger partial charge on any atom is 0.167 e. The third kappa shape index (κ3) is 3.25. The largest absolute Gasteiger partial charge is 0.167 e. The fourth-order valence-electron chi connectivity index (χ4n) is 2.90. The van der Waals surface area contributed by atoms with Gasteiger partial charge < -0.3 is 0 Å². The molecule has 3 rings (SSSR count). The third-order valence-electron chi connectivity index (χ3n) is 3.96. The van der Waals surface area contributed by atoms with Gasteiger partial charge in [0.05, 0.1) is 10.9 Å². The molecule has 0 aromatic heterocycles. The fraction of sp³-hybridized carbons (Fsp3) is 0.0909. The van der Waals surface area contributed by atoms with Crippen LogP contribution in [0.3, 0.4) is 0 Å². The Bertz CT molecular complexity index is 741. The minimum atomic E-state index is -0.0797. The highest BCUT2D eigenvalue weighted by Gasteiger charge is 2.29. The second-order valence-corrected chi connectivity index (χ2v) is 7.63. The normalized spacial score (nSPS) is 10.7. The molecule has 0 atom stereocenters. The molecule has 3 aromatic rings. The Morgan fingerprint density at radius 2 is 1.13 bits per heavy atom. The molecule has 1 heteroatoms. The molecule has 0 spiro atoms. The van der Waals surface area contributed by atoms with E-state index >= 15 is 0 Å². The highest BCUT2D eigenvalue weighted by molar-refractivity contribution is 7.97. The van der Waals surface area contributed by atoms with Gasteiger partial charge in [-0.2, -0.15) is 0 Å². The van der Waals surface area contributed by atoms with Crippen molar-refractivity contribution in [3.63, 3.8) is 0 Å². The van der Waals surface area contributed by atoms with Gasteiger partial charge in [-0.1, -0.05) is 49.1 Å². The molecule has 0 unspecified atom stereocenters. The van der Waals surface area contributed by atoms with Gasteiger partial charge in [-0.25, -0.2) is 0 Å². The lowest BCUT2D eigenvalue weighted by atomic mass is 10.0. The number of hydrogen-bond donors (Lipinski definition) is 0. The second-order valence-electron chi connectivity index (χ2n) is 5.61. The zero-order chi connectivity index (χ0) is 16.2. The lowest BCUT2D eigenvalue weighted by Gasteiger charge is -2.11. The van der Waals surface area contributed by atoms with Crippen LogP contribution in [0.5, 0.6) is 0 Å². The Morgan fingerprint density at radius 3 is 1.52 bits per heavy atom. The molecule has 0 aliphatic rings. The zero-order valence-corrected chi connectivity index (χ0v) is 14.4. The maximum absolute atomic E-state index is 3.95. The molecule has 3 aromatic carbocycles. The highest BCUT2D eigenvalue weighted by Crippen LogP contribution is 2.33. The summed E-state index contributed by atoms with van der Waals surface area (Å²) in [7, 11) is -0.0797. The molecule has 0 heterocycles. The molecule has 0 aliphatic heterocycles. The molecule has 0 nitrogen and oxygen atoms in total. The topological polar surface area (TPSA) is 0 Å². The van der Waals surface area contributed by atoms with Crippen LogP contribution in [0.25, 0.3) is 6.08 Å². The maximum atomic E-state index is 3.95. The Labute approximate surface area is 141 Å². The second kappa shape index (κ2) is 6.89. The van der Waals surface area contributed by atoms with Gasteiger partial charge >= 0.3 is 0 Å². The summed E-state index contributed by atoms with van der Waals surface area (Å²) in [5.41, 5.74) is 3.83. The van der Waals surface area contributed by atoms with Gasteiger partial charge in [-0.15, -0.1) is 0 Å². The summed E-state index contributed by atoms with van der Waals surface area (Å²) in [4.78, 5) is 4.07. The van der Waals surface area contributed by atoms with Gasteiger partial charge in [-0.3, -0.25) is 0 Å². The van der Waals surface area contributed by atoms with Crippen LogP contribution in [-0.4, -0.2) is 0 Å². The summed E-state index contributed by atoms with van der Waals surface area (Å²) >= 11 is 0. The summed E-state index contributed by atoms with van der Waals surface area (Å²) in [5.74, 6) is 0. The van der Waals surface area contributed by atoms with E-state index in [9.17, 15) is 0 Å². The van der Waals surface area contributed by atoms with Gasteiger partial charge in [0.2, 0.25) is 0 Å². The predicted octanol–water partition coefficient (Wildman–Crippen LogP) is 6.04. The first-order valence-corrected chi connectivity index (χ1v) is 9.01. The van der Waals surface area contributed by atoms with E-state index in [2.05, 4.69) is 93.2 Å². The van der Waals surface area contributed by atoms with E-state index in [1.54, 1.807) is 0 Å². The lowest BCUT2D eigenvalue weighted by Crippen LogP contribution is -2.06. The molecule has 23 heavy (non-hydrogen) atoms. The van der Waals surface area contributed by atoms with Crippen molar-refractivity contribution in [2.75, 3.05) is 0 Å². The molecular formula is C22H21S+. The van der Waals surface area contributed by atoms with Crippen molar-refractivity contribution in [3.8, 4) is 0 Å². The van der Waals surface area contributed by atoms with Crippen molar-refractivity contribution in [3.05, 3.63) is 96.1 Å². The van der Waals surface area contributed by atoms with E-state index in [1.807, 2.05) is 6.08 Å². The van der Waals surface area contributed by atoms with Crippen molar-refractivity contribution in [2.45, 2.75) is 28.5 Å². The van der Waals surface area contributed by atoms with Crippen LogP contribution >= 0.6 is 0 Å². The lowest BCUT2D eigenvalue weighted by molar-refractivity contribution is 1.24. The number of benzene rings is 3. The van der Waals surface area contributed by atoms with Crippen LogP contribution in [0.4, 0.5) is 0 Å². The zero-order valence-electron chi connectivity index (χ0n) is 13.6. The first-order chi connectivity index (χ1) is 11.2. The molecular weight excluding hydrogens is 296 g/mol. The van der Waals surface area contributed by atoms with Crippen LogP contribution in [-0.2, 0) is 10.9 Å². The molecule has 0 amide bonds. The van der Waals surface area contributed by atoms with Crippen molar-refractivity contribution in [1.82, 2.24) is 0 Å². The predicted molar refractivity (Wildman–Crippen MR) is 101 cm³/mol. The molecule has 0 aliphatic carbocycles. The molecule has 0 saturated heterocycles. The Balaban J connectivity index is 2.19. The number of hydrogen-bond acceptors (Lipinski definition) is 0. The number of aryl methyl sites for hydroxylation is 2. The Hall–Kier alpha value is -2.25. The Morgan fingerprint density at radius 1 is 0.696 bits per heavy atom. The minimum Gasteiger partial charge on any atom is -0.0985 e. The van der Waals surface area contributed by atoms with E-state index in [0.717, 1.165) is 0 Å². The van der Waals surface area contributed by atoms with Crippen LogP contribution in [0.2, 0.25) is 0 Å². The van der Waals surface area contributed by atoms with Crippen molar-refractivity contribution in [2.24, 2.45) is 0 Å². The first-order valence-electron chi connectivity index (χ1n) is 7.79. The van der Waals surface area contributed by atoms with Gasteiger partial charge in [-0.05, 0) is 66.9 Å². The van der Waals surface area contributed by atoms with Gasteiger partial charge in [0.25, 0.3) is 0 Å². The van der Waals surface area contributed by atoms with E-state index in [-0.39, 0.29) is 10.9 Å². The van der Waals surface area contributed by atoms with Crippen LogP contribution in [0.1, 0.15) is 16.7 Å². The average Bonchev–Trinajstić information content (AvgIpc) is 2.57. The standard InChI is InChI=1S/C22H21S/c1-4-22-17(2)15-21(16-18(22)3)23(19-11-7-5-8-12-19)20-13-9-6-10-14-20/h4-16H,1H2,2-3H3/q+1. The van der Waals surface area contributed by atoms with Gasteiger partial charge in [0.1, 0.15) is 0 Å². The smallest absolute Gasteiger partial charge is 0.0985 e. The summed E-state index contributed by atoms with van der Waals surface area (Å²) in [6.45, 7) is 8.29. The van der Waals surface area contributed by atoms with Crippen LogP contribution in [0.15, 0.2) is 94.1 Å².